The number of amides is 1. The number of ether oxygens (including phenoxy) is 1. The Morgan fingerprint density at radius 2 is 2.44 bits per heavy atom. The molecule has 6 heteroatoms. The standard InChI is InChI=1S/C12H21N3O2S/c1-17-7-5-13-12(18)15-6-4-10-9(8-15)2-3-11(16)14-10/h9-10H,2-8H2,1H3,(H,13,18)(H,14,16). The number of nitrogens with zero attached hydrogens (tertiary/aromatic N) is 1. The highest BCUT2D eigenvalue weighted by molar-refractivity contribution is 7.80. The van der Waals surface area contributed by atoms with Crippen molar-refractivity contribution in [1.82, 2.24) is 15.5 Å². The maximum absolute atomic E-state index is 11.3. The van der Waals surface area contributed by atoms with Crippen LogP contribution in [0, 0.1) is 5.92 Å². The first-order chi connectivity index (χ1) is 8.70. The summed E-state index contributed by atoms with van der Waals surface area (Å²) in [4.78, 5) is 13.5. The van der Waals surface area contributed by atoms with E-state index in [4.69, 9.17) is 17.0 Å². The summed E-state index contributed by atoms with van der Waals surface area (Å²) in [6, 6.07) is 0.351. The summed E-state index contributed by atoms with van der Waals surface area (Å²) in [6.07, 6.45) is 2.62. The zero-order valence-electron chi connectivity index (χ0n) is 10.8. The molecule has 102 valence electrons. The number of carbonyl (C=O) groups is 1. The summed E-state index contributed by atoms with van der Waals surface area (Å²) in [5, 5.41) is 7.09. The van der Waals surface area contributed by atoms with Crippen LogP contribution in [-0.2, 0) is 9.53 Å². The molecule has 2 atom stereocenters. The van der Waals surface area contributed by atoms with Crippen molar-refractivity contribution >= 4 is 23.2 Å². The van der Waals surface area contributed by atoms with Crippen molar-refractivity contribution in [2.45, 2.75) is 25.3 Å². The van der Waals surface area contributed by atoms with E-state index in [-0.39, 0.29) is 5.91 Å². The molecule has 1 amide bonds. The molecule has 2 heterocycles. The normalized spacial score (nSPS) is 27.4. The number of methoxy groups -OCH3 is 1. The van der Waals surface area contributed by atoms with Gasteiger partial charge in [0.25, 0.3) is 0 Å². The molecule has 2 rings (SSSR count). The number of fused-ring (bicyclic) bond motifs is 1. The third-order valence-corrected chi connectivity index (χ3v) is 4.09. The average Bonchev–Trinajstić information content (AvgIpc) is 2.38. The molecule has 2 aliphatic rings. The zero-order valence-corrected chi connectivity index (χ0v) is 11.6. The van der Waals surface area contributed by atoms with Crippen LogP contribution in [-0.4, -0.2) is 55.3 Å². The summed E-state index contributed by atoms with van der Waals surface area (Å²) in [6.45, 7) is 3.27. The second-order valence-corrected chi connectivity index (χ2v) is 5.32. The molecular weight excluding hydrogens is 250 g/mol. The predicted molar refractivity (Wildman–Crippen MR) is 73.3 cm³/mol. The fraction of sp³-hybridized carbons (Fsp3) is 0.833. The van der Waals surface area contributed by atoms with Gasteiger partial charge in [-0.25, -0.2) is 0 Å². The Bertz CT molecular complexity index is 324. The minimum atomic E-state index is 0.200. The van der Waals surface area contributed by atoms with Crippen LogP contribution < -0.4 is 10.6 Å². The number of piperidine rings is 2. The molecule has 18 heavy (non-hydrogen) atoms. The van der Waals surface area contributed by atoms with Gasteiger partial charge in [0.05, 0.1) is 6.61 Å². The van der Waals surface area contributed by atoms with Gasteiger partial charge in [-0.1, -0.05) is 0 Å². The second-order valence-electron chi connectivity index (χ2n) is 4.93. The van der Waals surface area contributed by atoms with Crippen LogP contribution in [0.5, 0.6) is 0 Å². The number of thiocarbonyl (C=S) groups is 1. The van der Waals surface area contributed by atoms with Crippen LogP contribution in [0.3, 0.4) is 0 Å². The van der Waals surface area contributed by atoms with Crippen molar-refractivity contribution in [3.63, 3.8) is 0 Å². The van der Waals surface area contributed by atoms with Crippen LogP contribution in [0.25, 0.3) is 0 Å². The van der Waals surface area contributed by atoms with Gasteiger partial charge in [-0.3, -0.25) is 4.79 Å². The predicted octanol–water partition coefficient (Wildman–Crippen LogP) is 0.108. The molecule has 0 radical (unpaired) electrons. The molecule has 2 N–H and O–H groups in total. The highest BCUT2D eigenvalue weighted by Crippen LogP contribution is 2.25. The summed E-state index contributed by atoms with van der Waals surface area (Å²) >= 11 is 5.38. The maximum atomic E-state index is 11.3. The molecule has 2 saturated heterocycles. The fourth-order valence-electron chi connectivity index (χ4n) is 2.67. The summed E-state index contributed by atoms with van der Waals surface area (Å²) in [5.74, 6) is 0.740. The fourth-order valence-corrected chi connectivity index (χ4v) is 2.93. The maximum Gasteiger partial charge on any atom is 0.220 e. The molecule has 0 spiro atoms. The molecule has 0 aromatic rings. The Morgan fingerprint density at radius 3 is 3.22 bits per heavy atom. The van der Waals surface area contributed by atoms with Gasteiger partial charge < -0.3 is 20.3 Å². The Hall–Kier alpha value is -0.880. The Kier molecular flexibility index (Phi) is 4.77. The number of likely N-dealkylation sites (tertiary alicyclic amines) is 1. The van der Waals surface area contributed by atoms with Gasteiger partial charge in [-0.2, -0.15) is 0 Å². The first kappa shape index (κ1) is 13.5. The van der Waals surface area contributed by atoms with Crippen molar-refractivity contribution in [1.29, 1.82) is 0 Å². The number of hydrogen-bond donors (Lipinski definition) is 2. The quantitative estimate of drug-likeness (QED) is 0.563. The minimum absolute atomic E-state index is 0.200. The Morgan fingerprint density at radius 1 is 1.61 bits per heavy atom. The van der Waals surface area contributed by atoms with E-state index in [1.54, 1.807) is 7.11 Å². The van der Waals surface area contributed by atoms with Crippen LogP contribution in [0.1, 0.15) is 19.3 Å². The summed E-state index contributed by atoms with van der Waals surface area (Å²) < 4.78 is 4.99. The Balaban J connectivity index is 1.79. The topological polar surface area (TPSA) is 53.6 Å². The lowest BCUT2D eigenvalue weighted by Gasteiger charge is -2.42. The number of hydrogen-bond acceptors (Lipinski definition) is 3. The van der Waals surface area contributed by atoms with Gasteiger partial charge in [0, 0.05) is 39.2 Å². The highest BCUT2D eigenvalue weighted by atomic mass is 32.1. The van der Waals surface area contributed by atoms with Crippen LogP contribution in [0.4, 0.5) is 0 Å². The largest absolute Gasteiger partial charge is 0.383 e. The van der Waals surface area contributed by atoms with Crippen molar-refractivity contribution in [3.8, 4) is 0 Å². The highest BCUT2D eigenvalue weighted by Gasteiger charge is 2.34. The van der Waals surface area contributed by atoms with E-state index in [2.05, 4.69) is 15.5 Å². The van der Waals surface area contributed by atoms with E-state index < -0.39 is 0 Å². The van der Waals surface area contributed by atoms with Crippen molar-refractivity contribution in [2.24, 2.45) is 5.92 Å². The molecule has 2 fully saturated rings. The number of rotatable bonds is 3. The van der Waals surface area contributed by atoms with Crippen molar-refractivity contribution < 1.29 is 9.53 Å². The first-order valence-corrected chi connectivity index (χ1v) is 6.92. The zero-order chi connectivity index (χ0) is 13.0. The van der Waals surface area contributed by atoms with Crippen LogP contribution in [0.2, 0.25) is 0 Å². The van der Waals surface area contributed by atoms with E-state index in [1.807, 2.05) is 0 Å². The molecule has 0 aromatic carbocycles. The smallest absolute Gasteiger partial charge is 0.220 e. The molecule has 0 bridgehead atoms. The Labute approximate surface area is 113 Å². The summed E-state index contributed by atoms with van der Waals surface area (Å²) in [7, 11) is 1.68. The van der Waals surface area contributed by atoms with Gasteiger partial charge in [-0.15, -0.1) is 0 Å². The van der Waals surface area contributed by atoms with E-state index in [0.717, 1.165) is 37.6 Å². The van der Waals surface area contributed by atoms with E-state index >= 15 is 0 Å². The lowest BCUT2D eigenvalue weighted by Crippen LogP contribution is -2.56. The van der Waals surface area contributed by atoms with Gasteiger partial charge in [-0.05, 0) is 31.0 Å². The molecule has 5 nitrogen and oxygen atoms in total. The molecule has 2 aliphatic heterocycles. The monoisotopic (exact) mass is 271 g/mol. The molecule has 0 saturated carbocycles. The number of carbonyl (C=O) groups excluding carboxylic acids is 1. The third-order valence-electron chi connectivity index (χ3n) is 3.69. The van der Waals surface area contributed by atoms with Gasteiger partial charge in [0.15, 0.2) is 5.11 Å². The van der Waals surface area contributed by atoms with Gasteiger partial charge in [0.1, 0.15) is 0 Å². The average molecular weight is 271 g/mol. The molecule has 0 aliphatic carbocycles. The number of nitrogens with one attached hydrogen (secondary N) is 2. The van der Waals surface area contributed by atoms with E-state index in [9.17, 15) is 4.79 Å². The summed E-state index contributed by atoms with van der Waals surface area (Å²) in [5.41, 5.74) is 0. The van der Waals surface area contributed by atoms with E-state index in [1.165, 1.54) is 0 Å². The van der Waals surface area contributed by atoms with Crippen molar-refractivity contribution in [3.05, 3.63) is 0 Å². The second kappa shape index (κ2) is 6.33. The lowest BCUT2D eigenvalue weighted by molar-refractivity contribution is -0.125. The third kappa shape index (κ3) is 3.32. The van der Waals surface area contributed by atoms with Crippen LogP contribution in [0.15, 0.2) is 0 Å². The minimum Gasteiger partial charge on any atom is -0.383 e. The van der Waals surface area contributed by atoms with Crippen LogP contribution >= 0.6 is 12.2 Å². The van der Waals surface area contributed by atoms with Crippen molar-refractivity contribution in [2.75, 3.05) is 33.4 Å². The van der Waals surface area contributed by atoms with E-state index in [0.29, 0.717) is 25.0 Å². The molecule has 2 unspecified atom stereocenters. The lowest BCUT2D eigenvalue weighted by atomic mass is 9.85. The SMILES string of the molecule is COCCNC(=S)N1CCC2NC(=O)CCC2C1. The van der Waals surface area contributed by atoms with Gasteiger partial charge >= 0.3 is 0 Å². The first-order valence-electron chi connectivity index (χ1n) is 6.52. The molecule has 0 aromatic heterocycles. The van der Waals surface area contributed by atoms with Gasteiger partial charge in [0.2, 0.25) is 5.91 Å². The molecular formula is C12H21N3O2S.